The van der Waals surface area contributed by atoms with E-state index in [-0.39, 0.29) is 12.6 Å². The zero-order valence-electron chi connectivity index (χ0n) is 13.6. The molecule has 128 valence electrons. The van der Waals surface area contributed by atoms with Gasteiger partial charge in [0, 0.05) is 5.25 Å². The third kappa shape index (κ3) is 4.29. The molecule has 2 aliphatic rings. The van der Waals surface area contributed by atoms with Crippen LogP contribution in [0.25, 0.3) is 0 Å². The molecule has 4 nitrogen and oxygen atoms in total. The van der Waals surface area contributed by atoms with Crippen LogP contribution in [0.1, 0.15) is 18.4 Å². The quantitative estimate of drug-likeness (QED) is 0.635. The first-order valence-electron chi connectivity index (χ1n) is 8.35. The molecule has 1 saturated heterocycles. The zero-order valence-corrected chi connectivity index (χ0v) is 14.4. The van der Waals surface area contributed by atoms with Crippen molar-refractivity contribution in [1.82, 2.24) is 5.32 Å². The van der Waals surface area contributed by atoms with E-state index in [1.54, 1.807) is 24.3 Å². The van der Waals surface area contributed by atoms with Gasteiger partial charge in [-0.25, -0.2) is 0 Å². The third-order valence-electron chi connectivity index (χ3n) is 4.31. The normalized spacial score (nSPS) is 27.1. The lowest BCUT2D eigenvalue weighted by atomic mass is 9.97. The van der Waals surface area contributed by atoms with Gasteiger partial charge in [-0.15, -0.1) is 11.8 Å². The molecule has 0 bridgehead atoms. The Morgan fingerprint density at radius 3 is 2.75 bits per heavy atom. The fourth-order valence-electron chi connectivity index (χ4n) is 2.97. The Balaban J connectivity index is 1.63. The molecule has 1 aliphatic heterocycles. The molecule has 0 radical (unpaired) electrons. The van der Waals surface area contributed by atoms with Crippen molar-refractivity contribution in [2.75, 3.05) is 13.1 Å². The summed E-state index contributed by atoms with van der Waals surface area (Å²) in [7, 11) is 0. The zero-order chi connectivity index (χ0) is 16.8. The van der Waals surface area contributed by atoms with Gasteiger partial charge in [-0.3, -0.25) is 4.79 Å². The van der Waals surface area contributed by atoms with Gasteiger partial charge in [0.15, 0.2) is 0 Å². The van der Waals surface area contributed by atoms with Crippen LogP contribution in [0.4, 0.5) is 0 Å². The Kier molecular flexibility index (Phi) is 5.76. The molecule has 1 fully saturated rings. The van der Waals surface area contributed by atoms with E-state index < -0.39 is 10.9 Å². The monoisotopic (exact) mass is 345 g/mol. The largest absolute Gasteiger partial charge is 0.460 e. The third-order valence-corrected chi connectivity index (χ3v) is 5.89. The van der Waals surface area contributed by atoms with E-state index in [2.05, 4.69) is 5.32 Å². The van der Waals surface area contributed by atoms with Crippen molar-refractivity contribution in [3.63, 3.8) is 0 Å². The summed E-state index contributed by atoms with van der Waals surface area (Å²) in [5.41, 5.74) is 0.940. The lowest BCUT2D eigenvalue weighted by Crippen LogP contribution is -2.42. The smallest absolute Gasteiger partial charge is 0.317 e. The Bertz CT molecular complexity index is 610. The number of nitrogens with one attached hydrogen (secondary N) is 1. The van der Waals surface area contributed by atoms with Crippen LogP contribution in [0.5, 0.6) is 0 Å². The second-order valence-corrected chi connectivity index (χ2v) is 7.69. The molecule has 5 heteroatoms. The van der Waals surface area contributed by atoms with Crippen LogP contribution in [0.15, 0.2) is 54.6 Å². The first-order valence-corrected chi connectivity index (χ1v) is 9.23. The number of ether oxygens (including phenoxy) is 1. The van der Waals surface area contributed by atoms with E-state index in [4.69, 9.17) is 4.74 Å². The Morgan fingerprint density at radius 1 is 1.25 bits per heavy atom. The first kappa shape index (κ1) is 17.3. The SMILES string of the molecule is O=C(OCc1ccccc1)[C@@H]1C=CC=C[C@]1(O)SC1CCNCC1. The fraction of sp³-hybridized carbons (Fsp3) is 0.421. The molecular weight excluding hydrogens is 322 g/mol. The van der Waals surface area contributed by atoms with Gasteiger partial charge in [0.05, 0.1) is 0 Å². The van der Waals surface area contributed by atoms with E-state index in [1.165, 1.54) is 11.8 Å². The molecule has 24 heavy (non-hydrogen) atoms. The van der Waals surface area contributed by atoms with Gasteiger partial charge in [-0.1, -0.05) is 48.6 Å². The van der Waals surface area contributed by atoms with Crippen molar-refractivity contribution < 1.29 is 14.6 Å². The Labute approximate surface area is 147 Å². The summed E-state index contributed by atoms with van der Waals surface area (Å²) >= 11 is 1.48. The van der Waals surface area contributed by atoms with E-state index in [0.717, 1.165) is 31.5 Å². The van der Waals surface area contributed by atoms with Crippen molar-refractivity contribution in [2.24, 2.45) is 5.92 Å². The van der Waals surface area contributed by atoms with Gasteiger partial charge in [0.2, 0.25) is 0 Å². The summed E-state index contributed by atoms with van der Waals surface area (Å²) in [5, 5.41) is 14.7. The molecule has 0 unspecified atom stereocenters. The minimum atomic E-state index is -1.23. The highest BCUT2D eigenvalue weighted by Crippen LogP contribution is 2.41. The minimum absolute atomic E-state index is 0.224. The highest BCUT2D eigenvalue weighted by atomic mass is 32.2. The van der Waals surface area contributed by atoms with Crippen molar-refractivity contribution in [2.45, 2.75) is 29.6 Å². The molecule has 1 aromatic rings. The molecule has 2 atom stereocenters. The number of carbonyl (C=O) groups is 1. The number of thioether (sulfide) groups is 1. The van der Waals surface area contributed by atoms with Crippen LogP contribution < -0.4 is 5.32 Å². The van der Waals surface area contributed by atoms with Gasteiger partial charge in [-0.05, 0) is 37.6 Å². The van der Waals surface area contributed by atoms with Gasteiger partial charge < -0.3 is 15.2 Å². The minimum Gasteiger partial charge on any atom is -0.460 e. The average molecular weight is 345 g/mol. The van der Waals surface area contributed by atoms with E-state index in [0.29, 0.717) is 5.25 Å². The van der Waals surface area contributed by atoms with Gasteiger partial charge in [0.25, 0.3) is 0 Å². The molecule has 1 aliphatic carbocycles. The van der Waals surface area contributed by atoms with Crippen LogP contribution in [0.2, 0.25) is 0 Å². The molecule has 1 heterocycles. The molecule has 0 spiro atoms. The summed E-state index contributed by atoms with van der Waals surface area (Å²) in [5.74, 6) is -1.06. The number of hydrogen-bond donors (Lipinski definition) is 2. The van der Waals surface area contributed by atoms with Gasteiger partial charge >= 0.3 is 5.97 Å². The molecule has 0 saturated carbocycles. The fourth-order valence-corrected chi connectivity index (χ4v) is 4.45. The van der Waals surface area contributed by atoms with Gasteiger partial charge in [-0.2, -0.15) is 0 Å². The first-order chi connectivity index (χ1) is 11.7. The predicted molar refractivity (Wildman–Crippen MR) is 96.4 cm³/mol. The summed E-state index contributed by atoms with van der Waals surface area (Å²) in [6, 6.07) is 9.58. The van der Waals surface area contributed by atoms with Crippen LogP contribution in [0, 0.1) is 5.92 Å². The standard InChI is InChI=1S/C19H23NO3S/c21-18(23-14-15-6-2-1-3-7-15)17-8-4-5-11-19(17,22)24-16-9-12-20-13-10-16/h1-8,11,16-17,20,22H,9-10,12-14H2/t17-,19-/m0/s1. The maximum absolute atomic E-state index is 12.5. The van der Waals surface area contributed by atoms with Crippen molar-refractivity contribution in [3.8, 4) is 0 Å². The van der Waals surface area contributed by atoms with Crippen LogP contribution in [-0.4, -0.2) is 34.3 Å². The number of allylic oxidation sites excluding steroid dienone is 2. The van der Waals surface area contributed by atoms with E-state index in [9.17, 15) is 9.90 Å². The molecule has 1 aromatic carbocycles. The van der Waals surface area contributed by atoms with E-state index in [1.807, 2.05) is 30.3 Å². The summed E-state index contributed by atoms with van der Waals surface area (Å²) in [6.07, 6.45) is 9.04. The number of rotatable bonds is 5. The lowest BCUT2D eigenvalue weighted by Gasteiger charge is -2.35. The topological polar surface area (TPSA) is 58.6 Å². The number of aliphatic hydroxyl groups is 1. The second-order valence-electron chi connectivity index (χ2n) is 6.13. The van der Waals surface area contributed by atoms with Gasteiger partial charge in [0.1, 0.15) is 17.5 Å². The number of esters is 1. The molecule has 0 aromatic heterocycles. The highest BCUT2D eigenvalue weighted by molar-refractivity contribution is 8.01. The highest BCUT2D eigenvalue weighted by Gasteiger charge is 2.42. The van der Waals surface area contributed by atoms with Crippen LogP contribution in [-0.2, 0) is 16.1 Å². The number of benzene rings is 1. The predicted octanol–water partition coefficient (Wildman–Crippen LogP) is 2.65. The average Bonchev–Trinajstić information content (AvgIpc) is 2.61. The Hall–Kier alpha value is -1.56. The lowest BCUT2D eigenvalue weighted by molar-refractivity contribution is -0.151. The van der Waals surface area contributed by atoms with E-state index >= 15 is 0 Å². The number of carbonyl (C=O) groups excluding carboxylic acids is 1. The van der Waals surface area contributed by atoms with Crippen molar-refractivity contribution in [1.29, 1.82) is 0 Å². The van der Waals surface area contributed by atoms with Crippen molar-refractivity contribution >= 4 is 17.7 Å². The van der Waals surface area contributed by atoms with Crippen LogP contribution >= 0.6 is 11.8 Å². The number of hydrogen-bond acceptors (Lipinski definition) is 5. The molecule has 3 rings (SSSR count). The maximum Gasteiger partial charge on any atom is 0.317 e. The van der Waals surface area contributed by atoms with Crippen LogP contribution in [0.3, 0.4) is 0 Å². The summed E-state index contributed by atoms with van der Waals surface area (Å²) < 4.78 is 5.44. The Morgan fingerprint density at radius 2 is 2.00 bits per heavy atom. The molecule has 2 N–H and O–H groups in total. The molecular formula is C19H23NO3S. The number of piperidine rings is 1. The van der Waals surface area contributed by atoms with Crippen molar-refractivity contribution in [3.05, 3.63) is 60.2 Å². The maximum atomic E-state index is 12.5. The molecule has 0 amide bonds. The summed E-state index contributed by atoms with van der Waals surface area (Å²) in [4.78, 5) is 11.3. The second kappa shape index (κ2) is 8.01. The summed E-state index contributed by atoms with van der Waals surface area (Å²) in [6.45, 7) is 2.13.